The number of carbonyl (C=O) groups is 1. The van der Waals surface area contributed by atoms with Crippen molar-refractivity contribution in [2.75, 3.05) is 13.7 Å². The zero-order valence-corrected chi connectivity index (χ0v) is 9.47. The molecule has 0 radical (unpaired) electrons. The van der Waals surface area contributed by atoms with Gasteiger partial charge in [-0.1, -0.05) is 0 Å². The third kappa shape index (κ3) is 2.33. The Kier molecular flexibility index (Phi) is 3.66. The van der Waals surface area contributed by atoms with Gasteiger partial charge < -0.3 is 10.0 Å². The number of aliphatic hydroxyl groups excluding tert-OH is 1. The number of hydrogen-bond donors (Lipinski definition) is 1. The lowest BCUT2D eigenvalue weighted by atomic mass is 10.3. The van der Waals surface area contributed by atoms with Gasteiger partial charge in [0.1, 0.15) is 0 Å². The molecule has 0 fully saturated rings. The summed E-state index contributed by atoms with van der Waals surface area (Å²) < 4.78 is 0. The maximum atomic E-state index is 11.8. The maximum absolute atomic E-state index is 11.8. The minimum atomic E-state index is -0.134. The van der Waals surface area contributed by atoms with Crippen molar-refractivity contribution < 1.29 is 9.90 Å². The van der Waals surface area contributed by atoms with Crippen LogP contribution in [0.5, 0.6) is 0 Å². The zero-order valence-electron chi connectivity index (χ0n) is 8.65. The van der Waals surface area contributed by atoms with Gasteiger partial charge in [0.05, 0.1) is 17.5 Å². The van der Waals surface area contributed by atoms with Crippen molar-refractivity contribution in [1.29, 1.82) is 0 Å². The van der Waals surface area contributed by atoms with E-state index in [-0.39, 0.29) is 18.6 Å². The van der Waals surface area contributed by atoms with Crippen molar-refractivity contribution in [3.8, 4) is 0 Å². The highest BCUT2D eigenvalue weighted by atomic mass is 32.1. The lowest BCUT2D eigenvalue weighted by Gasteiger charge is -2.22. The van der Waals surface area contributed by atoms with Gasteiger partial charge in [-0.25, -0.2) is 0 Å². The molecule has 0 aliphatic heterocycles. The first-order valence-corrected chi connectivity index (χ1v) is 5.32. The highest BCUT2D eigenvalue weighted by molar-refractivity contribution is 7.13. The third-order valence-corrected chi connectivity index (χ3v) is 3.19. The summed E-state index contributed by atoms with van der Waals surface area (Å²) in [4.78, 5) is 15.2. The Hall–Kier alpha value is -0.870. The average Bonchev–Trinajstić information content (AvgIpc) is 2.61. The normalized spacial score (nSPS) is 12.6. The van der Waals surface area contributed by atoms with Gasteiger partial charge in [-0.2, -0.15) is 0 Å². The number of rotatable bonds is 3. The van der Waals surface area contributed by atoms with Gasteiger partial charge in [0.2, 0.25) is 0 Å². The first kappa shape index (κ1) is 11.2. The molecule has 14 heavy (non-hydrogen) atoms. The van der Waals surface area contributed by atoms with Gasteiger partial charge in [0, 0.05) is 11.9 Å². The summed E-state index contributed by atoms with van der Waals surface area (Å²) in [6.07, 6.45) is 0. The highest BCUT2D eigenvalue weighted by Gasteiger charge is 2.17. The van der Waals surface area contributed by atoms with E-state index in [1.807, 2.05) is 26.0 Å². The summed E-state index contributed by atoms with van der Waals surface area (Å²) in [5, 5.41) is 8.92. The minimum Gasteiger partial charge on any atom is -0.394 e. The molecule has 1 N–H and O–H groups in total. The van der Waals surface area contributed by atoms with E-state index in [1.165, 1.54) is 11.3 Å². The van der Waals surface area contributed by atoms with Gasteiger partial charge in [-0.3, -0.25) is 4.79 Å². The van der Waals surface area contributed by atoms with Gasteiger partial charge >= 0.3 is 0 Å². The summed E-state index contributed by atoms with van der Waals surface area (Å²) >= 11 is 1.48. The van der Waals surface area contributed by atoms with E-state index in [1.54, 1.807) is 11.9 Å². The van der Waals surface area contributed by atoms with Gasteiger partial charge in [0.25, 0.3) is 5.91 Å². The molecule has 0 aliphatic rings. The second-order valence-corrected chi connectivity index (χ2v) is 4.65. The maximum Gasteiger partial charge on any atom is 0.263 e. The van der Waals surface area contributed by atoms with Crippen molar-refractivity contribution in [2.45, 2.75) is 19.9 Å². The fraction of sp³-hybridized carbons (Fsp3) is 0.500. The average molecular weight is 213 g/mol. The van der Waals surface area contributed by atoms with E-state index < -0.39 is 0 Å². The van der Waals surface area contributed by atoms with Crippen LogP contribution in [-0.2, 0) is 0 Å². The largest absolute Gasteiger partial charge is 0.394 e. The number of nitrogens with zero attached hydrogens (tertiary/aromatic N) is 1. The summed E-state index contributed by atoms with van der Waals surface area (Å²) in [5.41, 5.74) is 0. The van der Waals surface area contributed by atoms with E-state index in [2.05, 4.69) is 0 Å². The lowest BCUT2D eigenvalue weighted by Crippen LogP contribution is -2.36. The molecule has 1 rings (SSSR count). The Morgan fingerprint density at radius 2 is 2.29 bits per heavy atom. The molecule has 1 atom stereocenters. The Morgan fingerprint density at radius 1 is 1.64 bits per heavy atom. The molecule has 1 aromatic heterocycles. The minimum absolute atomic E-state index is 0.00734. The van der Waals surface area contributed by atoms with Crippen molar-refractivity contribution in [3.05, 3.63) is 21.9 Å². The van der Waals surface area contributed by atoms with Crippen LogP contribution < -0.4 is 0 Å². The van der Waals surface area contributed by atoms with E-state index in [0.717, 1.165) is 9.75 Å². The number of aliphatic hydroxyl groups is 1. The Morgan fingerprint density at radius 3 is 2.71 bits per heavy atom. The molecule has 0 saturated carbocycles. The summed E-state index contributed by atoms with van der Waals surface area (Å²) in [6, 6.07) is 3.61. The van der Waals surface area contributed by atoms with Crippen LogP contribution in [0.15, 0.2) is 12.1 Å². The smallest absolute Gasteiger partial charge is 0.263 e. The number of likely N-dealkylation sites (N-methyl/N-ethyl adjacent to an activating group) is 1. The number of hydrogen-bond acceptors (Lipinski definition) is 3. The molecule has 1 amide bonds. The van der Waals surface area contributed by atoms with E-state index in [4.69, 9.17) is 5.11 Å². The molecule has 0 spiro atoms. The lowest BCUT2D eigenvalue weighted by molar-refractivity contribution is 0.0687. The molecule has 0 bridgehead atoms. The topological polar surface area (TPSA) is 40.5 Å². The molecular formula is C10H15NO2S. The van der Waals surface area contributed by atoms with Crippen LogP contribution >= 0.6 is 11.3 Å². The molecule has 1 heterocycles. The number of amides is 1. The Balaban J connectivity index is 2.75. The predicted octanol–water partition coefficient (Wildman–Crippen LogP) is 1.51. The SMILES string of the molecule is Cc1ccc(C(=O)N(C)C(C)CO)s1. The van der Waals surface area contributed by atoms with Crippen LogP contribution in [0.4, 0.5) is 0 Å². The summed E-state index contributed by atoms with van der Waals surface area (Å²) in [7, 11) is 1.71. The van der Waals surface area contributed by atoms with Gasteiger partial charge in [-0.05, 0) is 26.0 Å². The zero-order chi connectivity index (χ0) is 10.7. The third-order valence-electron chi connectivity index (χ3n) is 2.20. The summed E-state index contributed by atoms with van der Waals surface area (Å²) in [5.74, 6) is -0.0235. The first-order valence-electron chi connectivity index (χ1n) is 4.50. The fourth-order valence-electron chi connectivity index (χ4n) is 1.05. The predicted molar refractivity (Wildman–Crippen MR) is 57.7 cm³/mol. The van der Waals surface area contributed by atoms with Crippen molar-refractivity contribution in [2.24, 2.45) is 0 Å². The molecule has 0 aliphatic carbocycles. The van der Waals surface area contributed by atoms with Crippen LogP contribution in [0.2, 0.25) is 0 Å². The second-order valence-electron chi connectivity index (χ2n) is 3.36. The molecule has 1 aromatic rings. The molecular weight excluding hydrogens is 198 g/mol. The molecule has 0 saturated heterocycles. The first-order chi connectivity index (χ1) is 6.56. The quantitative estimate of drug-likeness (QED) is 0.826. The number of carbonyl (C=O) groups excluding carboxylic acids is 1. The molecule has 3 nitrogen and oxygen atoms in total. The Bertz CT molecular complexity index is 322. The molecule has 4 heteroatoms. The highest BCUT2D eigenvalue weighted by Crippen LogP contribution is 2.17. The van der Waals surface area contributed by atoms with E-state index >= 15 is 0 Å². The monoisotopic (exact) mass is 213 g/mol. The van der Waals surface area contributed by atoms with Crippen LogP contribution in [-0.4, -0.2) is 35.6 Å². The van der Waals surface area contributed by atoms with Crippen LogP contribution in [0.1, 0.15) is 21.5 Å². The number of aryl methyl sites for hydroxylation is 1. The number of thiophene rings is 1. The van der Waals surface area contributed by atoms with E-state index in [0.29, 0.717) is 0 Å². The fourth-order valence-corrected chi connectivity index (χ4v) is 1.90. The molecule has 78 valence electrons. The van der Waals surface area contributed by atoms with Crippen LogP contribution in [0.25, 0.3) is 0 Å². The van der Waals surface area contributed by atoms with Crippen molar-refractivity contribution in [3.63, 3.8) is 0 Å². The molecule has 1 unspecified atom stereocenters. The standard InChI is InChI=1S/C10H15NO2S/c1-7(6-12)11(3)10(13)9-5-4-8(2)14-9/h4-5,7,12H,6H2,1-3H3. The van der Waals surface area contributed by atoms with E-state index in [9.17, 15) is 4.79 Å². The van der Waals surface area contributed by atoms with Crippen LogP contribution in [0, 0.1) is 6.92 Å². The van der Waals surface area contributed by atoms with Gasteiger partial charge in [0.15, 0.2) is 0 Å². The van der Waals surface area contributed by atoms with Crippen LogP contribution in [0.3, 0.4) is 0 Å². The summed E-state index contributed by atoms with van der Waals surface area (Å²) in [6.45, 7) is 3.78. The Labute approximate surface area is 88.0 Å². The van der Waals surface area contributed by atoms with Crippen molar-refractivity contribution >= 4 is 17.2 Å². The second kappa shape index (κ2) is 4.57. The van der Waals surface area contributed by atoms with Gasteiger partial charge in [-0.15, -0.1) is 11.3 Å². The van der Waals surface area contributed by atoms with Crippen molar-refractivity contribution in [1.82, 2.24) is 4.90 Å². The molecule has 0 aromatic carbocycles.